The Bertz CT molecular complexity index is 588. The summed E-state index contributed by atoms with van der Waals surface area (Å²) < 4.78 is 11.7. The van der Waals surface area contributed by atoms with Crippen molar-refractivity contribution in [3.8, 4) is 6.07 Å². The van der Waals surface area contributed by atoms with E-state index in [4.69, 9.17) is 19.7 Å². The van der Waals surface area contributed by atoms with Crippen LogP contribution in [0.1, 0.15) is 43.6 Å². The van der Waals surface area contributed by atoms with E-state index in [2.05, 4.69) is 0 Å². The predicted octanol–water partition coefficient (Wildman–Crippen LogP) is 1.56. The van der Waals surface area contributed by atoms with Gasteiger partial charge in [-0.2, -0.15) is 5.26 Å². The highest BCUT2D eigenvalue weighted by molar-refractivity contribution is 6.62. The molecule has 0 aromatic heterocycles. The third-order valence-electron chi connectivity index (χ3n) is 3.92. The van der Waals surface area contributed by atoms with Crippen LogP contribution < -0.4 is 5.46 Å². The quantitative estimate of drug-likeness (QED) is 0.827. The van der Waals surface area contributed by atoms with Crippen molar-refractivity contribution in [2.45, 2.75) is 38.9 Å². The van der Waals surface area contributed by atoms with Gasteiger partial charge in [-0.1, -0.05) is 6.07 Å². The Hall–Kier alpha value is -1.84. The van der Waals surface area contributed by atoms with Crippen LogP contribution in [0.2, 0.25) is 0 Å². The van der Waals surface area contributed by atoms with Crippen molar-refractivity contribution in [1.29, 1.82) is 5.26 Å². The summed E-state index contributed by atoms with van der Waals surface area (Å²) in [5.41, 5.74) is -0.304. The van der Waals surface area contributed by atoms with Crippen LogP contribution in [-0.4, -0.2) is 29.4 Å². The first-order chi connectivity index (χ1) is 9.18. The van der Waals surface area contributed by atoms with E-state index < -0.39 is 24.3 Å². The van der Waals surface area contributed by atoms with Gasteiger partial charge < -0.3 is 14.4 Å². The summed E-state index contributed by atoms with van der Waals surface area (Å²) in [5.74, 6) is -1.14. The molecule has 1 saturated heterocycles. The van der Waals surface area contributed by atoms with Gasteiger partial charge in [0.15, 0.2) is 0 Å². The summed E-state index contributed by atoms with van der Waals surface area (Å²) >= 11 is 0. The van der Waals surface area contributed by atoms with Crippen molar-refractivity contribution in [3.63, 3.8) is 0 Å². The average Bonchev–Trinajstić information content (AvgIpc) is 2.57. The van der Waals surface area contributed by atoms with E-state index in [1.54, 1.807) is 6.07 Å². The molecule has 1 aliphatic heterocycles. The number of carbonyl (C=O) groups is 1. The Morgan fingerprint density at radius 3 is 2.25 bits per heavy atom. The summed E-state index contributed by atoms with van der Waals surface area (Å²) in [6.07, 6.45) is 0. The van der Waals surface area contributed by atoms with Gasteiger partial charge >= 0.3 is 13.1 Å². The molecule has 0 bridgehead atoms. The van der Waals surface area contributed by atoms with Crippen molar-refractivity contribution in [1.82, 2.24) is 0 Å². The van der Waals surface area contributed by atoms with Gasteiger partial charge in [-0.05, 0) is 45.3 Å². The molecule has 5 nitrogen and oxygen atoms in total. The summed E-state index contributed by atoms with van der Waals surface area (Å²) in [6, 6.07) is 6.43. The molecule has 1 N–H and O–H groups in total. The smallest absolute Gasteiger partial charge is 0.478 e. The van der Waals surface area contributed by atoms with Gasteiger partial charge in [0.05, 0.1) is 22.3 Å². The Labute approximate surface area is 118 Å². The fraction of sp³-hybridized carbons (Fsp3) is 0.429. The minimum Gasteiger partial charge on any atom is -0.478 e. The Kier molecular flexibility index (Phi) is 3.36. The number of nitrogens with zero attached hydrogens (tertiary/aromatic N) is 1. The summed E-state index contributed by atoms with van der Waals surface area (Å²) in [7, 11) is -0.633. The first-order valence-corrected chi connectivity index (χ1v) is 6.31. The fourth-order valence-electron chi connectivity index (χ4n) is 1.96. The number of benzene rings is 1. The lowest BCUT2D eigenvalue weighted by Gasteiger charge is -2.32. The first-order valence-electron chi connectivity index (χ1n) is 6.31. The highest BCUT2D eigenvalue weighted by Gasteiger charge is 2.51. The van der Waals surface area contributed by atoms with E-state index >= 15 is 0 Å². The van der Waals surface area contributed by atoms with Crippen LogP contribution in [0.15, 0.2) is 18.2 Å². The van der Waals surface area contributed by atoms with Gasteiger partial charge in [-0.25, -0.2) is 4.79 Å². The SMILES string of the molecule is CC1(C)OB(c2ccc(C#N)c(C(=O)O)c2)OC1(C)C. The number of hydrogen-bond acceptors (Lipinski definition) is 4. The zero-order valence-electron chi connectivity index (χ0n) is 11.9. The molecule has 6 heteroatoms. The molecule has 0 radical (unpaired) electrons. The second-order valence-corrected chi connectivity index (χ2v) is 5.81. The summed E-state index contributed by atoms with van der Waals surface area (Å²) in [5, 5.41) is 18.1. The van der Waals surface area contributed by atoms with E-state index in [1.165, 1.54) is 12.1 Å². The molecular weight excluding hydrogens is 257 g/mol. The number of carboxylic acids is 1. The number of carboxylic acid groups (broad SMARTS) is 1. The molecule has 2 rings (SSSR count). The molecule has 1 heterocycles. The van der Waals surface area contributed by atoms with E-state index in [1.807, 2.05) is 33.8 Å². The number of aromatic carboxylic acids is 1. The summed E-state index contributed by atoms with van der Waals surface area (Å²) in [4.78, 5) is 11.2. The van der Waals surface area contributed by atoms with Crippen LogP contribution in [-0.2, 0) is 9.31 Å². The zero-order valence-corrected chi connectivity index (χ0v) is 11.9. The third-order valence-corrected chi connectivity index (χ3v) is 3.92. The third kappa shape index (κ3) is 2.30. The average molecular weight is 273 g/mol. The standard InChI is InChI=1S/C14H16BNO4/c1-13(2)14(3,4)20-15(19-13)10-6-5-9(8-16)11(7-10)12(17)18/h5-7H,1-4H3,(H,17,18). The van der Waals surface area contributed by atoms with Crippen molar-refractivity contribution < 1.29 is 19.2 Å². The molecule has 0 aliphatic carbocycles. The van der Waals surface area contributed by atoms with E-state index in [0.717, 1.165) is 0 Å². The van der Waals surface area contributed by atoms with Crippen molar-refractivity contribution in [3.05, 3.63) is 29.3 Å². The van der Waals surface area contributed by atoms with Crippen molar-refractivity contribution in [2.24, 2.45) is 0 Å². The Morgan fingerprint density at radius 2 is 1.80 bits per heavy atom. The maximum Gasteiger partial charge on any atom is 0.494 e. The van der Waals surface area contributed by atoms with Gasteiger partial charge in [-0.3, -0.25) is 0 Å². The zero-order chi connectivity index (χ0) is 15.1. The number of rotatable bonds is 2. The number of hydrogen-bond donors (Lipinski definition) is 1. The van der Waals surface area contributed by atoms with Crippen LogP contribution in [0, 0.1) is 11.3 Å². The van der Waals surface area contributed by atoms with Crippen LogP contribution in [0.25, 0.3) is 0 Å². The second kappa shape index (κ2) is 4.62. The van der Waals surface area contributed by atoms with Gasteiger partial charge in [0.25, 0.3) is 0 Å². The van der Waals surface area contributed by atoms with Gasteiger partial charge in [0.2, 0.25) is 0 Å². The monoisotopic (exact) mass is 273 g/mol. The van der Waals surface area contributed by atoms with Gasteiger partial charge in [0, 0.05) is 0 Å². The lowest BCUT2D eigenvalue weighted by molar-refractivity contribution is 0.00578. The lowest BCUT2D eigenvalue weighted by Crippen LogP contribution is -2.41. The molecule has 0 spiro atoms. The highest BCUT2D eigenvalue weighted by atomic mass is 16.7. The van der Waals surface area contributed by atoms with Gasteiger partial charge in [-0.15, -0.1) is 0 Å². The van der Waals surface area contributed by atoms with Crippen molar-refractivity contribution >= 4 is 18.6 Å². The second-order valence-electron chi connectivity index (χ2n) is 5.81. The molecular formula is C14H16BNO4. The molecule has 0 saturated carbocycles. The largest absolute Gasteiger partial charge is 0.494 e. The molecule has 20 heavy (non-hydrogen) atoms. The minimum atomic E-state index is -1.14. The van der Waals surface area contributed by atoms with Crippen LogP contribution in [0.5, 0.6) is 0 Å². The highest BCUT2D eigenvalue weighted by Crippen LogP contribution is 2.36. The normalized spacial score (nSPS) is 19.6. The predicted molar refractivity (Wildman–Crippen MR) is 73.8 cm³/mol. The van der Waals surface area contributed by atoms with Crippen molar-refractivity contribution in [2.75, 3.05) is 0 Å². The molecule has 104 valence electrons. The molecule has 1 aromatic carbocycles. The molecule has 1 fully saturated rings. The van der Waals surface area contributed by atoms with Crippen LogP contribution >= 0.6 is 0 Å². The van der Waals surface area contributed by atoms with Crippen LogP contribution in [0.4, 0.5) is 0 Å². The Balaban J connectivity index is 2.39. The summed E-state index contributed by atoms with van der Waals surface area (Å²) in [6.45, 7) is 7.70. The van der Waals surface area contributed by atoms with Gasteiger partial charge in [0.1, 0.15) is 6.07 Å². The van der Waals surface area contributed by atoms with E-state index in [9.17, 15) is 4.79 Å². The van der Waals surface area contributed by atoms with E-state index in [-0.39, 0.29) is 11.1 Å². The molecule has 1 aromatic rings. The molecule has 0 unspecified atom stereocenters. The minimum absolute atomic E-state index is 0.0419. The molecule has 0 atom stereocenters. The molecule has 1 aliphatic rings. The fourth-order valence-corrected chi connectivity index (χ4v) is 1.96. The maximum atomic E-state index is 11.2. The topological polar surface area (TPSA) is 79.5 Å². The number of nitriles is 1. The maximum absolute atomic E-state index is 11.2. The lowest BCUT2D eigenvalue weighted by atomic mass is 9.78. The first kappa shape index (κ1) is 14.6. The molecule has 0 amide bonds. The Morgan fingerprint density at radius 1 is 1.25 bits per heavy atom. The van der Waals surface area contributed by atoms with E-state index in [0.29, 0.717) is 5.46 Å². The van der Waals surface area contributed by atoms with Crippen LogP contribution in [0.3, 0.4) is 0 Å².